The number of hydrogen-bond acceptors (Lipinski definition) is 5. The van der Waals surface area contributed by atoms with Gasteiger partial charge in [-0.1, -0.05) is 18.2 Å². The number of piperidine rings is 1. The van der Waals surface area contributed by atoms with E-state index in [2.05, 4.69) is 16.9 Å². The number of aromatic nitrogens is 1. The fraction of sp³-hybridized carbons (Fsp3) is 0.533. The molecule has 0 saturated carbocycles. The number of nitrogen functional groups attached to an aromatic ring is 1. The number of nitrogens with two attached hydrogens (primary N) is 1. The molecule has 1 aromatic heterocycles. The van der Waals surface area contributed by atoms with E-state index in [0.717, 1.165) is 23.0 Å². The van der Waals surface area contributed by atoms with Gasteiger partial charge in [-0.2, -0.15) is 0 Å². The molecular weight excluding hydrogens is 286 g/mol. The van der Waals surface area contributed by atoms with Gasteiger partial charge in [0.2, 0.25) is 0 Å². The summed E-state index contributed by atoms with van der Waals surface area (Å²) in [7, 11) is 2.26. The van der Waals surface area contributed by atoms with Crippen LogP contribution in [0.3, 0.4) is 0 Å². The van der Waals surface area contributed by atoms with Gasteiger partial charge < -0.3 is 10.6 Å². The lowest BCUT2D eigenvalue weighted by atomic mass is 10.0. The molecule has 3 nitrogen and oxygen atoms in total. The Morgan fingerprint density at radius 2 is 2.35 bits per heavy atom. The Morgan fingerprint density at radius 1 is 1.45 bits per heavy atom. The molecule has 108 valence electrons. The molecule has 1 aliphatic heterocycles. The van der Waals surface area contributed by atoms with Crippen molar-refractivity contribution in [2.45, 2.75) is 36.1 Å². The normalized spacial score (nSPS) is 20.6. The average Bonchev–Trinajstić information content (AvgIpc) is 2.83. The summed E-state index contributed by atoms with van der Waals surface area (Å²) in [6, 6.07) is 6.72. The average molecular weight is 307 g/mol. The minimum atomic E-state index is 0.765. The van der Waals surface area contributed by atoms with Crippen LogP contribution in [-0.2, 0) is 0 Å². The van der Waals surface area contributed by atoms with Gasteiger partial charge in [0.25, 0.3) is 0 Å². The van der Waals surface area contributed by atoms with E-state index in [9.17, 15) is 0 Å². The van der Waals surface area contributed by atoms with Crippen LogP contribution in [0.2, 0.25) is 0 Å². The number of nitrogens with zero attached hydrogens (tertiary/aromatic N) is 2. The van der Waals surface area contributed by atoms with E-state index in [4.69, 9.17) is 5.73 Å². The summed E-state index contributed by atoms with van der Waals surface area (Å²) in [5.41, 5.74) is 7.70. The first-order valence-electron chi connectivity index (χ1n) is 7.21. The minimum Gasteiger partial charge on any atom is -0.399 e. The highest BCUT2D eigenvalue weighted by Crippen LogP contribution is 2.31. The fourth-order valence-corrected chi connectivity index (χ4v) is 5.00. The SMILES string of the molecule is CN1CCCCC1CCSc1nc2ccc(N)cc2s1. The van der Waals surface area contributed by atoms with Gasteiger partial charge in [-0.3, -0.25) is 0 Å². The third-order valence-corrected chi connectivity index (χ3v) is 6.19. The maximum Gasteiger partial charge on any atom is 0.151 e. The molecule has 1 aliphatic rings. The zero-order chi connectivity index (χ0) is 13.9. The molecule has 0 spiro atoms. The van der Waals surface area contributed by atoms with Crippen molar-refractivity contribution in [2.24, 2.45) is 0 Å². The summed E-state index contributed by atoms with van der Waals surface area (Å²) in [6.45, 7) is 1.26. The van der Waals surface area contributed by atoms with Crippen molar-refractivity contribution >= 4 is 39.0 Å². The monoisotopic (exact) mass is 307 g/mol. The van der Waals surface area contributed by atoms with Crippen LogP contribution in [-0.4, -0.2) is 35.3 Å². The Kier molecular flexibility index (Phi) is 4.48. The second-order valence-electron chi connectivity index (χ2n) is 5.47. The van der Waals surface area contributed by atoms with E-state index < -0.39 is 0 Å². The van der Waals surface area contributed by atoms with Crippen LogP contribution >= 0.6 is 23.1 Å². The quantitative estimate of drug-likeness (QED) is 0.688. The Morgan fingerprint density at radius 3 is 3.20 bits per heavy atom. The third kappa shape index (κ3) is 3.27. The van der Waals surface area contributed by atoms with Crippen LogP contribution in [0.5, 0.6) is 0 Å². The van der Waals surface area contributed by atoms with Gasteiger partial charge in [0.15, 0.2) is 4.34 Å². The van der Waals surface area contributed by atoms with Gasteiger partial charge in [0, 0.05) is 17.5 Å². The lowest BCUT2D eigenvalue weighted by Gasteiger charge is -2.32. The highest BCUT2D eigenvalue weighted by Gasteiger charge is 2.18. The molecule has 1 atom stereocenters. The fourth-order valence-electron chi connectivity index (χ4n) is 2.77. The van der Waals surface area contributed by atoms with Crippen molar-refractivity contribution in [3.8, 4) is 0 Å². The van der Waals surface area contributed by atoms with E-state index in [1.807, 2.05) is 30.0 Å². The van der Waals surface area contributed by atoms with E-state index in [1.165, 1.54) is 41.3 Å². The van der Waals surface area contributed by atoms with Crippen molar-refractivity contribution in [2.75, 3.05) is 25.1 Å². The lowest BCUT2D eigenvalue weighted by Crippen LogP contribution is -2.36. The predicted molar refractivity (Wildman–Crippen MR) is 89.6 cm³/mol. The molecule has 1 unspecified atom stereocenters. The lowest BCUT2D eigenvalue weighted by molar-refractivity contribution is 0.182. The first-order chi connectivity index (χ1) is 9.72. The Hall–Kier alpha value is -0.780. The van der Waals surface area contributed by atoms with E-state index in [1.54, 1.807) is 11.3 Å². The Bertz CT molecular complexity index is 582. The molecule has 2 heterocycles. The van der Waals surface area contributed by atoms with Gasteiger partial charge in [-0.05, 0) is 51.1 Å². The summed E-state index contributed by atoms with van der Waals surface area (Å²) in [5.74, 6) is 1.16. The number of fused-ring (bicyclic) bond motifs is 1. The van der Waals surface area contributed by atoms with Crippen molar-refractivity contribution in [1.29, 1.82) is 0 Å². The molecule has 0 aliphatic carbocycles. The number of likely N-dealkylation sites (tertiary alicyclic amines) is 1. The van der Waals surface area contributed by atoms with Gasteiger partial charge in [0.1, 0.15) is 0 Å². The highest BCUT2D eigenvalue weighted by atomic mass is 32.2. The molecular formula is C15H21N3S2. The summed E-state index contributed by atoms with van der Waals surface area (Å²) < 4.78 is 2.37. The molecule has 0 radical (unpaired) electrons. The predicted octanol–water partition coefficient (Wildman–Crippen LogP) is 3.85. The first kappa shape index (κ1) is 14.2. The van der Waals surface area contributed by atoms with Crippen LogP contribution in [0.15, 0.2) is 22.5 Å². The molecule has 1 aromatic carbocycles. The van der Waals surface area contributed by atoms with Gasteiger partial charge in [-0.15, -0.1) is 11.3 Å². The number of hydrogen-bond donors (Lipinski definition) is 1. The summed E-state index contributed by atoms with van der Waals surface area (Å²) in [4.78, 5) is 7.18. The van der Waals surface area contributed by atoms with Crippen LogP contribution in [0.1, 0.15) is 25.7 Å². The summed E-state index contributed by atoms with van der Waals surface area (Å²) in [6.07, 6.45) is 5.37. The zero-order valence-corrected chi connectivity index (χ0v) is 13.5. The first-order valence-corrected chi connectivity index (χ1v) is 9.02. The molecule has 5 heteroatoms. The smallest absolute Gasteiger partial charge is 0.151 e. The molecule has 0 bridgehead atoms. The number of thioether (sulfide) groups is 1. The van der Waals surface area contributed by atoms with Gasteiger partial charge in [-0.25, -0.2) is 4.98 Å². The summed E-state index contributed by atoms with van der Waals surface area (Å²) >= 11 is 3.64. The van der Waals surface area contributed by atoms with Gasteiger partial charge in [0.05, 0.1) is 10.2 Å². The van der Waals surface area contributed by atoms with Crippen LogP contribution in [0.25, 0.3) is 10.2 Å². The molecule has 3 rings (SSSR count). The maximum atomic E-state index is 5.81. The second-order valence-corrected chi connectivity index (χ2v) is 7.85. The molecule has 0 amide bonds. The highest BCUT2D eigenvalue weighted by molar-refractivity contribution is 8.01. The summed E-state index contributed by atoms with van der Waals surface area (Å²) in [5, 5.41) is 0. The number of thiazole rings is 1. The topological polar surface area (TPSA) is 42.2 Å². The number of rotatable bonds is 4. The van der Waals surface area contributed by atoms with Gasteiger partial charge >= 0.3 is 0 Å². The number of anilines is 1. The van der Waals surface area contributed by atoms with Crippen molar-refractivity contribution in [3.05, 3.63) is 18.2 Å². The molecule has 1 fully saturated rings. The Balaban J connectivity index is 1.57. The minimum absolute atomic E-state index is 0.765. The van der Waals surface area contributed by atoms with Crippen molar-refractivity contribution < 1.29 is 0 Å². The van der Waals surface area contributed by atoms with E-state index in [-0.39, 0.29) is 0 Å². The third-order valence-electron chi connectivity index (χ3n) is 3.99. The standard InChI is InChI=1S/C15H21N3S2/c1-18-8-3-2-4-12(18)7-9-19-15-17-13-6-5-11(16)10-14(13)20-15/h5-6,10,12H,2-4,7-9,16H2,1H3. The van der Waals surface area contributed by atoms with E-state index >= 15 is 0 Å². The Labute approximate surface area is 128 Å². The van der Waals surface area contributed by atoms with Crippen LogP contribution < -0.4 is 5.73 Å². The largest absolute Gasteiger partial charge is 0.399 e. The van der Waals surface area contributed by atoms with E-state index in [0.29, 0.717) is 0 Å². The molecule has 20 heavy (non-hydrogen) atoms. The molecule has 2 aromatic rings. The van der Waals surface area contributed by atoms with Crippen molar-refractivity contribution in [1.82, 2.24) is 9.88 Å². The van der Waals surface area contributed by atoms with Crippen LogP contribution in [0, 0.1) is 0 Å². The molecule has 1 saturated heterocycles. The van der Waals surface area contributed by atoms with Crippen molar-refractivity contribution in [3.63, 3.8) is 0 Å². The maximum absolute atomic E-state index is 5.81. The molecule has 2 N–H and O–H groups in total. The number of benzene rings is 1. The second kappa shape index (κ2) is 6.33. The van der Waals surface area contributed by atoms with Crippen LogP contribution in [0.4, 0.5) is 5.69 Å². The zero-order valence-electron chi connectivity index (χ0n) is 11.8.